The third-order valence-electron chi connectivity index (χ3n) is 5.98. The van der Waals surface area contributed by atoms with Gasteiger partial charge in [-0.2, -0.15) is 5.10 Å². The lowest BCUT2D eigenvalue weighted by Gasteiger charge is -2.12. The fourth-order valence-corrected chi connectivity index (χ4v) is 6.70. The van der Waals surface area contributed by atoms with Crippen molar-refractivity contribution >= 4 is 55.7 Å². The van der Waals surface area contributed by atoms with Gasteiger partial charge < -0.3 is 14.8 Å². The molecule has 3 heterocycles. The van der Waals surface area contributed by atoms with E-state index in [4.69, 9.17) is 9.47 Å². The molecule has 1 aliphatic rings. The molecule has 0 fully saturated rings. The lowest BCUT2D eigenvalue weighted by molar-refractivity contribution is -0.119. The average molecular weight is 524 g/mol. The summed E-state index contributed by atoms with van der Waals surface area (Å²) < 4.78 is 12.3. The van der Waals surface area contributed by atoms with Gasteiger partial charge in [0.05, 0.1) is 23.6 Å². The van der Waals surface area contributed by atoms with Gasteiger partial charge in [-0.3, -0.25) is 4.79 Å². The summed E-state index contributed by atoms with van der Waals surface area (Å²) in [5.41, 5.74) is 3.09. The Morgan fingerprint density at radius 3 is 2.61 bits per heavy atom. The highest BCUT2D eigenvalue weighted by Crippen LogP contribution is 2.38. The molecule has 0 bridgehead atoms. The highest BCUT2D eigenvalue weighted by molar-refractivity contribution is 7.20. The van der Waals surface area contributed by atoms with Crippen LogP contribution in [-0.2, 0) is 27.1 Å². The number of anilines is 1. The van der Waals surface area contributed by atoms with E-state index in [9.17, 15) is 14.4 Å². The maximum absolute atomic E-state index is 12.8. The van der Waals surface area contributed by atoms with E-state index in [-0.39, 0.29) is 6.61 Å². The SMILES string of the molecule is CCOC(=O)c1c(NC(=O)COC(=O)c2cc3c(C)nn(-c4ccccc4)c3s2)sc2c1CCCC2. The summed E-state index contributed by atoms with van der Waals surface area (Å²) in [4.78, 5) is 40.3. The van der Waals surface area contributed by atoms with Gasteiger partial charge in [0.2, 0.25) is 0 Å². The molecule has 1 amide bonds. The maximum Gasteiger partial charge on any atom is 0.348 e. The predicted molar refractivity (Wildman–Crippen MR) is 140 cm³/mol. The van der Waals surface area contributed by atoms with Gasteiger partial charge in [-0.05, 0) is 63.3 Å². The molecular weight excluding hydrogens is 498 g/mol. The average Bonchev–Trinajstić information content (AvgIpc) is 3.56. The number of hydrogen-bond donors (Lipinski definition) is 1. The Balaban J connectivity index is 1.29. The number of amides is 1. The third-order valence-corrected chi connectivity index (χ3v) is 8.28. The van der Waals surface area contributed by atoms with Crippen molar-refractivity contribution in [1.29, 1.82) is 0 Å². The van der Waals surface area contributed by atoms with Gasteiger partial charge in [0.1, 0.15) is 14.7 Å². The molecule has 4 aromatic rings. The summed E-state index contributed by atoms with van der Waals surface area (Å²) in [6.45, 7) is 3.44. The molecule has 186 valence electrons. The molecule has 0 spiro atoms. The number of carbonyl (C=O) groups excluding carboxylic acids is 3. The van der Waals surface area contributed by atoms with E-state index >= 15 is 0 Å². The molecule has 0 radical (unpaired) electrons. The van der Waals surface area contributed by atoms with Gasteiger partial charge in [-0.25, -0.2) is 14.3 Å². The molecule has 36 heavy (non-hydrogen) atoms. The largest absolute Gasteiger partial charge is 0.462 e. The number of esters is 2. The number of benzene rings is 1. The van der Waals surface area contributed by atoms with E-state index in [1.165, 1.54) is 22.7 Å². The van der Waals surface area contributed by atoms with Crippen molar-refractivity contribution in [2.45, 2.75) is 39.5 Å². The van der Waals surface area contributed by atoms with E-state index in [0.29, 0.717) is 15.4 Å². The molecule has 0 atom stereocenters. The molecular formula is C26H25N3O5S2. The molecule has 8 nitrogen and oxygen atoms in total. The van der Waals surface area contributed by atoms with Gasteiger partial charge in [-0.1, -0.05) is 18.2 Å². The number of aryl methyl sites for hydroxylation is 2. The lowest BCUT2D eigenvalue weighted by Crippen LogP contribution is -2.21. The number of aromatic nitrogens is 2. The van der Waals surface area contributed by atoms with Crippen LogP contribution in [0, 0.1) is 6.92 Å². The van der Waals surface area contributed by atoms with Crippen LogP contribution in [0.2, 0.25) is 0 Å². The number of ether oxygens (including phenoxy) is 2. The van der Waals surface area contributed by atoms with Crippen LogP contribution in [0.1, 0.15) is 55.9 Å². The van der Waals surface area contributed by atoms with Crippen molar-refractivity contribution < 1.29 is 23.9 Å². The van der Waals surface area contributed by atoms with Crippen LogP contribution in [-0.4, -0.2) is 40.8 Å². The monoisotopic (exact) mass is 523 g/mol. The Hall–Kier alpha value is -3.50. The fraction of sp³-hybridized carbons (Fsp3) is 0.308. The van der Waals surface area contributed by atoms with E-state index in [0.717, 1.165) is 57.7 Å². The molecule has 5 rings (SSSR count). The summed E-state index contributed by atoms with van der Waals surface area (Å²) >= 11 is 2.67. The Bertz CT molecular complexity index is 1450. The minimum atomic E-state index is -0.582. The first kappa shape index (κ1) is 24.2. The van der Waals surface area contributed by atoms with Crippen molar-refractivity contribution in [1.82, 2.24) is 9.78 Å². The minimum Gasteiger partial charge on any atom is -0.462 e. The summed E-state index contributed by atoms with van der Waals surface area (Å²) in [6, 6.07) is 11.4. The van der Waals surface area contributed by atoms with E-state index in [1.807, 2.05) is 37.3 Å². The molecule has 1 N–H and O–H groups in total. The van der Waals surface area contributed by atoms with Gasteiger partial charge >= 0.3 is 11.9 Å². The van der Waals surface area contributed by atoms with Crippen LogP contribution in [0.3, 0.4) is 0 Å². The molecule has 0 aliphatic heterocycles. The first-order valence-corrected chi connectivity index (χ1v) is 13.4. The predicted octanol–water partition coefficient (Wildman–Crippen LogP) is 5.31. The Kier molecular flexibility index (Phi) is 6.88. The van der Waals surface area contributed by atoms with Gasteiger partial charge in [-0.15, -0.1) is 22.7 Å². The van der Waals surface area contributed by atoms with Crippen LogP contribution in [0.15, 0.2) is 36.4 Å². The van der Waals surface area contributed by atoms with E-state index in [2.05, 4.69) is 10.4 Å². The van der Waals surface area contributed by atoms with Crippen molar-refractivity contribution in [3.63, 3.8) is 0 Å². The van der Waals surface area contributed by atoms with Crippen LogP contribution in [0.5, 0.6) is 0 Å². The number of hydrogen-bond acceptors (Lipinski definition) is 8. The number of nitrogens with zero attached hydrogens (tertiary/aromatic N) is 2. The lowest BCUT2D eigenvalue weighted by atomic mass is 9.95. The second kappa shape index (κ2) is 10.2. The van der Waals surface area contributed by atoms with Gasteiger partial charge in [0.25, 0.3) is 5.91 Å². The van der Waals surface area contributed by atoms with Crippen LogP contribution in [0.4, 0.5) is 5.00 Å². The molecule has 3 aromatic heterocycles. The molecule has 0 saturated heterocycles. The Morgan fingerprint density at radius 1 is 1.06 bits per heavy atom. The number of carbonyl (C=O) groups is 3. The normalized spacial score (nSPS) is 12.8. The number of para-hydroxylation sites is 1. The second-order valence-corrected chi connectivity index (χ2v) is 10.6. The second-order valence-electron chi connectivity index (χ2n) is 8.42. The summed E-state index contributed by atoms with van der Waals surface area (Å²) in [7, 11) is 0. The van der Waals surface area contributed by atoms with Crippen molar-refractivity contribution in [3.8, 4) is 5.69 Å². The summed E-state index contributed by atoms with van der Waals surface area (Å²) in [6.07, 6.45) is 3.72. The Morgan fingerprint density at radius 2 is 1.83 bits per heavy atom. The topological polar surface area (TPSA) is 99.5 Å². The zero-order chi connectivity index (χ0) is 25.2. The van der Waals surface area contributed by atoms with Crippen molar-refractivity contribution in [3.05, 3.63) is 63.0 Å². The summed E-state index contributed by atoms with van der Waals surface area (Å²) in [5, 5.41) is 8.67. The number of fused-ring (bicyclic) bond motifs is 2. The Labute approximate surface area is 215 Å². The van der Waals surface area contributed by atoms with Crippen molar-refractivity contribution in [2.75, 3.05) is 18.5 Å². The zero-order valence-electron chi connectivity index (χ0n) is 20.0. The molecule has 10 heteroatoms. The van der Waals surface area contributed by atoms with Crippen LogP contribution >= 0.6 is 22.7 Å². The summed E-state index contributed by atoms with van der Waals surface area (Å²) in [5.74, 6) is -1.51. The molecule has 1 aliphatic carbocycles. The minimum absolute atomic E-state index is 0.255. The van der Waals surface area contributed by atoms with E-state index < -0.39 is 24.5 Å². The maximum atomic E-state index is 12.8. The molecule has 1 aromatic carbocycles. The fourth-order valence-electron chi connectivity index (χ4n) is 4.33. The highest BCUT2D eigenvalue weighted by atomic mass is 32.1. The quantitative estimate of drug-likeness (QED) is 0.330. The van der Waals surface area contributed by atoms with Crippen molar-refractivity contribution in [2.24, 2.45) is 0 Å². The van der Waals surface area contributed by atoms with E-state index in [1.54, 1.807) is 17.7 Å². The number of nitrogens with one attached hydrogen (secondary N) is 1. The molecule has 0 unspecified atom stereocenters. The zero-order valence-corrected chi connectivity index (χ0v) is 21.6. The first-order chi connectivity index (χ1) is 17.5. The highest BCUT2D eigenvalue weighted by Gasteiger charge is 2.27. The number of rotatable bonds is 7. The van der Waals surface area contributed by atoms with Gasteiger partial charge in [0, 0.05) is 10.3 Å². The molecule has 0 saturated carbocycles. The number of thiophene rings is 2. The third kappa shape index (κ3) is 4.66. The van der Waals surface area contributed by atoms with Crippen LogP contribution in [0.25, 0.3) is 15.9 Å². The van der Waals surface area contributed by atoms with Gasteiger partial charge in [0.15, 0.2) is 6.61 Å². The first-order valence-electron chi connectivity index (χ1n) is 11.8. The smallest absolute Gasteiger partial charge is 0.348 e. The standard InChI is InChI=1S/C26H25N3O5S2/c1-3-33-26(32)22-17-11-7-8-12-19(17)35-23(22)27-21(30)14-34-25(31)20-13-18-15(2)28-29(24(18)36-20)16-9-5-4-6-10-16/h4-6,9-10,13H,3,7-8,11-12,14H2,1-2H3,(H,27,30). The van der Waals surface area contributed by atoms with Crippen LogP contribution < -0.4 is 5.32 Å².